The summed E-state index contributed by atoms with van der Waals surface area (Å²) >= 11 is 6.05. The van der Waals surface area contributed by atoms with E-state index in [2.05, 4.69) is 0 Å². The average Bonchev–Trinajstić information content (AvgIpc) is 2.53. The highest BCUT2D eigenvalue weighted by atomic mass is 35.5. The molecular formula is C17H24Cl2N2O2. The van der Waals surface area contributed by atoms with Gasteiger partial charge in [0, 0.05) is 23.7 Å². The maximum absolute atomic E-state index is 12.9. The third-order valence-corrected chi connectivity index (χ3v) is 4.95. The van der Waals surface area contributed by atoms with Crippen LogP contribution in [0.15, 0.2) is 18.2 Å². The third kappa shape index (κ3) is 3.93. The minimum absolute atomic E-state index is 0. The SMILES string of the molecule is CC(N)C1CCCCN1C(=O)C1COc2ccc(Cl)cc2C1.Cl. The normalized spacial score (nSPS) is 24.9. The van der Waals surface area contributed by atoms with Crippen LogP contribution in [0.4, 0.5) is 0 Å². The Kier molecular flexibility index (Phi) is 6.18. The first-order chi connectivity index (χ1) is 10.6. The van der Waals surface area contributed by atoms with Crippen molar-refractivity contribution in [2.24, 2.45) is 11.7 Å². The maximum atomic E-state index is 12.9. The van der Waals surface area contributed by atoms with Crippen molar-refractivity contribution in [3.8, 4) is 5.75 Å². The molecule has 0 spiro atoms. The van der Waals surface area contributed by atoms with Gasteiger partial charge in [0.15, 0.2) is 0 Å². The fourth-order valence-electron chi connectivity index (χ4n) is 3.53. The summed E-state index contributed by atoms with van der Waals surface area (Å²) in [5.74, 6) is 0.883. The Morgan fingerprint density at radius 2 is 2.22 bits per heavy atom. The lowest BCUT2D eigenvalue weighted by atomic mass is 9.91. The highest BCUT2D eigenvalue weighted by Crippen LogP contribution is 2.31. The van der Waals surface area contributed by atoms with Crippen LogP contribution < -0.4 is 10.5 Å². The number of halogens is 2. The van der Waals surface area contributed by atoms with Gasteiger partial charge in [0.2, 0.25) is 5.91 Å². The maximum Gasteiger partial charge on any atom is 0.229 e. The van der Waals surface area contributed by atoms with E-state index in [4.69, 9.17) is 22.1 Å². The van der Waals surface area contributed by atoms with Gasteiger partial charge in [-0.25, -0.2) is 0 Å². The summed E-state index contributed by atoms with van der Waals surface area (Å²) in [6.07, 6.45) is 3.90. The zero-order chi connectivity index (χ0) is 15.7. The van der Waals surface area contributed by atoms with E-state index in [9.17, 15) is 4.79 Å². The molecule has 3 atom stereocenters. The molecule has 1 amide bonds. The van der Waals surface area contributed by atoms with Crippen LogP contribution in [0.1, 0.15) is 31.7 Å². The van der Waals surface area contributed by atoms with Gasteiger partial charge in [-0.15, -0.1) is 12.4 Å². The first-order valence-electron chi connectivity index (χ1n) is 8.03. The van der Waals surface area contributed by atoms with Crippen molar-refractivity contribution in [1.82, 2.24) is 4.90 Å². The second-order valence-electron chi connectivity index (χ2n) is 6.42. The van der Waals surface area contributed by atoms with E-state index in [0.29, 0.717) is 18.1 Å². The van der Waals surface area contributed by atoms with Crippen molar-refractivity contribution in [2.75, 3.05) is 13.2 Å². The fourth-order valence-corrected chi connectivity index (χ4v) is 3.73. The monoisotopic (exact) mass is 358 g/mol. The summed E-state index contributed by atoms with van der Waals surface area (Å²) < 4.78 is 5.76. The van der Waals surface area contributed by atoms with E-state index in [-0.39, 0.29) is 36.3 Å². The molecule has 2 N–H and O–H groups in total. The lowest BCUT2D eigenvalue weighted by molar-refractivity contribution is -0.141. The molecule has 128 valence electrons. The van der Waals surface area contributed by atoms with Gasteiger partial charge in [-0.2, -0.15) is 0 Å². The predicted molar refractivity (Wildman–Crippen MR) is 94.4 cm³/mol. The van der Waals surface area contributed by atoms with Gasteiger partial charge in [-0.1, -0.05) is 11.6 Å². The number of nitrogens with two attached hydrogens (primary N) is 1. The standard InChI is InChI=1S/C17H23ClN2O2.ClH/c1-11(19)15-4-2-3-7-20(15)17(21)13-8-12-9-14(18)5-6-16(12)22-10-13;/h5-6,9,11,13,15H,2-4,7-8,10,19H2,1H3;1H. The molecule has 0 aromatic heterocycles. The van der Waals surface area contributed by atoms with Crippen molar-refractivity contribution in [1.29, 1.82) is 0 Å². The smallest absolute Gasteiger partial charge is 0.229 e. The summed E-state index contributed by atoms with van der Waals surface area (Å²) in [6, 6.07) is 5.76. The molecule has 3 unspecified atom stereocenters. The molecule has 2 heterocycles. The van der Waals surface area contributed by atoms with Crippen molar-refractivity contribution in [3.63, 3.8) is 0 Å². The highest BCUT2D eigenvalue weighted by Gasteiger charge is 2.35. The van der Waals surface area contributed by atoms with Crippen molar-refractivity contribution in [3.05, 3.63) is 28.8 Å². The number of fused-ring (bicyclic) bond motifs is 1. The van der Waals surface area contributed by atoms with Crippen molar-refractivity contribution in [2.45, 2.75) is 44.7 Å². The summed E-state index contributed by atoms with van der Waals surface area (Å²) in [6.45, 7) is 3.24. The van der Waals surface area contributed by atoms with Crippen LogP contribution in [-0.2, 0) is 11.2 Å². The van der Waals surface area contributed by atoms with Crippen LogP contribution in [0.5, 0.6) is 5.75 Å². The van der Waals surface area contributed by atoms with Gasteiger partial charge in [0.25, 0.3) is 0 Å². The molecule has 6 heteroatoms. The Morgan fingerprint density at radius 1 is 1.43 bits per heavy atom. The zero-order valence-electron chi connectivity index (χ0n) is 13.3. The quantitative estimate of drug-likeness (QED) is 0.883. The van der Waals surface area contributed by atoms with Gasteiger partial charge in [-0.3, -0.25) is 4.79 Å². The number of nitrogens with zero attached hydrogens (tertiary/aromatic N) is 1. The minimum Gasteiger partial charge on any atom is -0.492 e. The van der Waals surface area contributed by atoms with Crippen molar-refractivity contribution < 1.29 is 9.53 Å². The molecule has 0 saturated carbocycles. The number of likely N-dealkylation sites (tertiary alicyclic amines) is 1. The Bertz CT molecular complexity index is 566. The number of rotatable bonds is 2. The van der Waals surface area contributed by atoms with Crippen LogP contribution in [0.25, 0.3) is 0 Å². The number of hydrogen-bond donors (Lipinski definition) is 1. The van der Waals surface area contributed by atoms with Crippen LogP contribution in [-0.4, -0.2) is 36.0 Å². The molecule has 1 aromatic carbocycles. The molecule has 0 radical (unpaired) electrons. The Labute approximate surface area is 148 Å². The van der Waals surface area contributed by atoms with Gasteiger partial charge < -0.3 is 15.4 Å². The molecule has 0 aliphatic carbocycles. The average molecular weight is 359 g/mol. The second-order valence-corrected chi connectivity index (χ2v) is 6.85. The Morgan fingerprint density at radius 3 is 2.96 bits per heavy atom. The first kappa shape index (κ1) is 18.4. The summed E-state index contributed by atoms with van der Waals surface area (Å²) in [4.78, 5) is 14.9. The Hall–Kier alpha value is -0.970. The molecule has 23 heavy (non-hydrogen) atoms. The zero-order valence-corrected chi connectivity index (χ0v) is 14.9. The summed E-state index contributed by atoms with van der Waals surface area (Å²) in [7, 11) is 0. The number of carbonyl (C=O) groups is 1. The van der Waals surface area contributed by atoms with E-state index in [0.717, 1.165) is 37.1 Å². The van der Waals surface area contributed by atoms with Gasteiger partial charge >= 0.3 is 0 Å². The number of amides is 1. The first-order valence-corrected chi connectivity index (χ1v) is 8.41. The third-order valence-electron chi connectivity index (χ3n) is 4.72. The molecule has 1 aromatic rings. The van der Waals surface area contributed by atoms with E-state index >= 15 is 0 Å². The Balaban J connectivity index is 0.00000192. The minimum atomic E-state index is -0.134. The molecule has 3 rings (SSSR count). The lowest BCUT2D eigenvalue weighted by Gasteiger charge is -2.40. The van der Waals surface area contributed by atoms with Crippen LogP contribution >= 0.6 is 24.0 Å². The predicted octanol–water partition coefficient (Wildman–Crippen LogP) is 3.04. The fraction of sp³-hybridized carbons (Fsp3) is 0.588. The van der Waals surface area contributed by atoms with Crippen LogP contribution in [0, 0.1) is 5.92 Å². The highest BCUT2D eigenvalue weighted by molar-refractivity contribution is 6.30. The lowest BCUT2D eigenvalue weighted by Crippen LogP contribution is -2.54. The van der Waals surface area contributed by atoms with E-state index in [1.54, 1.807) is 0 Å². The molecule has 1 fully saturated rings. The number of carbonyl (C=O) groups excluding carboxylic acids is 1. The largest absolute Gasteiger partial charge is 0.492 e. The van der Waals surface area contributed by atoms with Gasteiger partial charge in [-0.05, 0) is 56.4 Å². The van der Waals surface area contributed by atoms with Gasteiger partial charge in [0.05, 0.1) is 5.92 Å². The molecule has 1 saturated heterocycles. The second kappa shape index (κ2) is 7.73. The molecule has 2 aliphatic rings. The number of benzene rings is 1. The van der Waals surface area contributed by atoms with Crippen molar-refractivity contribution >= 4 is 29.9 Å². The molecule has 2 aliphatic heterocycles. The topological polar surface area (TPSA) is 55.6 Å². The van der Waals surface area contributed by atoms with Crippen LogP contribution in [0.2, 0.25) is 5.02 Å². The molecular weight excluding hydrogens is 335 g/mol. The van der Waals surface area contributed by atoms with E-state index in [1.165, 1.54) is 0 Å². The summed E-state index contributed by atoms with van der Waals surface area (Å²) in [5, 5.41) is 0.682. The number of hydrogen-bond acceptors (Lipinski definition) is 3. The van der Waals surface area contributed by atoms with E-state index < -0.39 is 0 Å². The van der Waals surface area contributed by atoms with Crippen LogP contribution in [0.3, 0.4) is 0 Å². The number of ether oxygens (including phenoxy) is 1. The summed E-state index contributed by atoms with van der Waals surface area (Å²) in [5.41, 5.74) is 7.10. The molecule has 0 bridgehead atoms. The molecule has 4 nitrogen and oxygen atoms in total. The van der Waals surface area contributed by atoms with E-state index in [1.807, 2.05) is 30.0 Å². The van der Waals surface area contributed by atoms with Gasteiger partial charge in [0.1, 0.15) is 12.4 Å². The number of piperidine rings is 1.